The van der Waals surface area contributed by atoms with Crippen LogP contribution in [0.3, 0.4) is 0 Å². The Morgan fingerprint density at radius 3 is 2.29 bits per heavy atom. The van der Waals surface area contributed by atoms with E-state index in [1.54, 1.807) is 0 Å². The van der Waals surface area contributed by atoms with Crippen molar-refractivity contribution < 1.29 is 13.2 Å². The average Bonchev–Trinajstić information content (AvgIpc) is 2.24. The number of hydrogen-bond donors (Lipinski definition) is 2. The first-order valence-corrected chi connectivity index (χ1v) is 5.34. The Bertz CT molecular complexity index is 375. The van der Waals surface area contributed by atoms with Crippen LogP contribution in [-0.2, 0) is 6.18 Å². The van der Waals surface area contributed by atoms with Gasteiger partial charge in [0.05, 0.1) is 5.56 Å². The summed E-state index contributed by atoms with van der Waals surface area (Å²) in [6, 6.07) is 2.00. The predicted octanol–water partition coefficient (Wildman–Crippen LogP) is 3.21. The van der Waals surface area contributed by atoms with Gasteiger partial charge in [0.1, 0.15) is 11.6 Å². The molecule has 3 nitrogen and oxygen atoms in total. The lowest BCUT2D eigenvalue weighted by molar-refractivity contribution is -0.137. The summed E-state index contributed by atoms with van der Waals surface area (Å²) >= 11 is 0. The van der Waals surface area contributed by atoms with Crippen LogP contribution in [0, 0.1) is 5.92 Å². The second-order valence-corrected chi connectivity index (χ2v) is 4.15. The van der Waals surface area contributed by atoms with Crippen LogP contribution >= 0.6 is 0 Å². The standard InChI is InChI=1S/C11H16F3N3/c1-7(2)6-16-10-5-8(11(12,13)14)4-9(15-3)17-10/h4-5,7H,6H2,1-3H3,(H2,15,16,17). The Labute approximate surface area is 98.4 Å². The molecule has 0 radical (unpaired) electrons. The molecule has 0 aliphatic carbocycles. The third kappa shape index (κ3) is 4.13. The number of alkyl halides is 3. The number of pyridine rings is 1. The van der Waals surface area contributed by atoms with E-state index in [4.69, 9.17) is 0 Å². The first kappa shape index (κ1) is 13.6. The Balaban J connectivity index is 2.97. The smallest absolute Gasteiger partial charge is 0.373 e. The molecular weight excluding hydrogens is 231 g/mol. The van der Waals surface area contributed by atoms with Crippen molar-refractivity contribution in [2.24, 2.45) is 5.92 Å². The predicted molar refractivity (Wildman–Crippen MR) is 62.1 cm³/mol. The molecule has 96 valence electrons. The molecule has 1 aromatic rings. The third-order valence-electron chi connectivity index (χ3n) is 2.10. The fourth-order valence-corrected chi connectivity index (χ4v) is 1.22. The van der Waals surface area contributed by atoms with Crippen molar-refractivity contribution in [3.05, 3.63) is 17.7 Å². The van der Waals surface area contributed by atoms with Crippen LogP contribution in [-0.4, -0.2) is 18.6 Å². The molecule has 0 aliphatic rings. The van der Waals surface area contributed by atoms with Crippen molar-refractivity contribution in [3.8, 4) is 0 Å². The van der Waals surface area contributed by atoms with Gasteiger partial charge in [-0.1, -0.05) is 13.8 Å². The van der Waals surface area contributed by atoms with Gasteiger partial charge in [-0.2, -0.15) is 13.2 Å². The van der Waals surface area contributed by atoms with E-state index in [1.807, 2.05) is 13.8 Å². The molecule has 0 fully saturated rings. The highest BCUT2D eigenvalue weighted by atomic mass is 19.4. The van der Waals surface area contributed by atoms with Crippen LogP contribution in [0.25, 0.3) is 0 Å². The minimum atomic E-state index is -4.36. The minimum Gasteiger partial charge on any atom is -0.373 e. The lowest BCUT2D eigenvalue weighted by Crippen LogP contribution is -2.12. The molecular formula is C11H16F3N3. The number of rotatable bonds is 4. The number of nitrogens with one attached hydrogen (secondary N) is 2. The summed E-state index contributed by atoms with van der Waals surface area (Å²) in [6.45, 7) is 4.52. The Hall–Kier alpha value is -1.46. The zero-order valence-corrected chi connectivity index (χ0v) is 10.0. The summed E-state index contributed by atoms with van der Waals surface area (Å²) in [5, 5.41) is 5.50. The van der Waals surface area contributed by atoms with Crippen LogP contribution in [0.1, 0.15) is 19.4 Å². The molecule has 17 heavy (non-hydrogen) atoms. The summed E-state index contributed by atoms with van der Waals surface area (Å²) < 4.78 is 37.8. The van der Waals surface area contributed by atoms with Gasteiger partial charge in [0.15, 0.2) is 0 Å². The van der Waals surface area contributed by atoms with Gasteiger partial charge in [0.25, 0.3) is 0 Å². The van der Waals surface area contributed by atoms with Crippen molar-refractivity contribution in [1.82, 2.24) is 4.98 Å². The van der Waals surface area contributed by atoms with Crippen molar-refractivity contribution in [1.29, 1.82) is 0 Å². The quantitative estimate of drug-likeness (QED) is 0.857. The fourth-order valence-electron chi connectivity index (χ4n) is 1.22. The Kier molecular flexibility index (Phi) is 4.20. The van der Waals surface area contributed by atoms with Gasteiger partial charge < -0.3 is 10.6 Å². The summed E-state index contributed by atoms with van der Waals surface area (Å²) in [6.07, 6.45) is -4.36. The van der Waals surface area contributed by atoms with Crippen LogP contribution in [0.4, 0.5) is 24.8 Å². The average molecular weight is 247 g/mol. The summed E-state index contributed by atoms with van der Waals surface area (Å²) in [5.74, 6) is 0.772. The molecule has 0 unspecified atom stereocenters. The van der Waals surface area contributed by atoms with E-state index in [-0.39, 0.29) is 11.6 Å². The molecule has 0 aliphatic heterocycles. The number of aromatic nitrogens is 1. The maximum Gasteiger partial charge on any atom is 0.416 e. The minimum absolute atomic E-state index is 0.200. The molecule has 0 atom stereocenters. The molecule has 1 rings (SSSR count). The summed E-state index contributed by atoms with van der Waals surface area (Å²) in [7, 11) is 1.54. The van der Waals surface area contributed by atoms with Gasteiger partial charge >= 0.3 is 6.18 Å². The first-order chi connectivity index (χ1) is 7.82. The second kappa shape index (κ2) is 5.25. The molecule has 0 bridgehead atoms. The van der Waals surface area contributed by atoms with Crippen molar-refractivity contribution in [3.63, 3.8) is 0 Å². The Morgan fingerprint density at radius 1 is 1.24 bits per heavy atom. The highest BCUT2D eigenvalue weighted by Gasteiger charge is 2.31. The maximum absolute atomic E-state index is 12.6. The van der Waals surface area contributed by atoms with Gasteiger partial charge in [-0.25, -0.2) is 4.98 Å². The molecule has 1 heterocycles. The van der Waals surface area contributed by atoms with Gasteiger partial charge in [0.2, 0.25) is 0 Å². The third-order valence-corrected chi connectivity index (χ3v) is 2.10. The van der Waals surface area contributed by atoms with Crippen LogP contribution in [0.2, 0.25) is 0 Å². The Morgan fingerprint density at radius 2 is 1.82 bits per heavy atom. The SMILES string of the molecule is CNc1cc(C(F)(F)F)cc(NCC(C)C)n1. The first-order valence-electron chi connectivity index (χ1n) is 5.34. The van der Waals surface area contributed by atoms with E-state index in [0.29, 0.717) is 12.5 Å². The van der Waals surface area contributed by atoms with E-state index < -0.39 is 11.7 Å². The van der Waals surface area contributed by atoms with Crippen LogP contribution < -0.4 is 10.6 Å². The number of nitrogens with zero attached hydrogens (tertiary/aromatic N) is 1. The highest BCUT2D eigenvalue weighted by Crippen LogP contribution is 2.31. The molecule has 0 amide bonds. The molecule has 1 aromatic heterocycles. The molecule has 0 saturated carbocycles. The van der Waals surface area contributed by atoms with E-state index in [0.717, 1.165) is 12.1 Å². The van der Waals surface area contributed by atoms with Crippen molar-refractivity contribution in [2.45, 2.75) is 20.0 Å². The van der Waals surface area contributed by atoms with Crippen molar-refractivity contribution >= 4 is 11.6 Å². The molecule has 0 aromatic carbocycles. The monoisotopic (exact) mass is 247 g/mol. The summed E-state index contributed by atoms with van der Waals surface area (Å²) in [5.41, 5.74) is -0.705. The zero-order valence-electron chi connectivity index (χ0n) is 10.0. The topological polar surface area (TPSA) is 37.0 Å². The van der Waals surface area contributed by atoms with Gasteiger partial charge in [-0.05, 0) is 18.1 Å². The molecule has 0 saturated heterocycles. The van der Waals surface area contributed by atoms with Gasteiger partial charge in [-0.3, -0.25) is 0 Å². The largest absolute Gasteiger partial charge is 0.416 e. The van der Waals surface area contributed by atoms with Crippen LogP contribution in [0.15, 0.2) is 12.1 Å². The number of anilines is 2. The normalized spacial score (nSPS) is 11.7. The molecule has 6 heteroatoms. The summed E-state index contributed by atoms with van der Waals surface area (Å²) in [4.78, 5) is 4.02. The lowest BCUT2D eigenvalue weighted by Gasteiger charge is -2.13. The van der Waals surface area contributed by atoms with Crippen molar-refractivity contribution in [2.75, 3.05) is 24.2 Å². The number of halogens is 3. The van der Waals surface area contributed by atoms with E-state index in [1.165, 1.54) is 7.05 Å². The van der Waals surface area contributed by atoms with E-state index in [9.17, 15) is 13.2 Å². The van der Waals surface area contributed by atoms with Gasteiger partial charge in [0, 0.05) is 13.6 Å². The van der Waals surface area contributed by atoms with Crippen LogP contribution in [0.5, 0.6) is 0 Å². The lowest BCUT2D eigenvalue weighted by atomic mass is 10.2. The van der Waals surface area contributed by atoms with E-state index >= 15 is 0 Å². The second-order valence-electron chi connectivity index (χ2n) is 4.15. The van der Waals surface area contributed by atoms with E-state index in [2.05, 4.69) is 15.6 Å². The number of hydrogen-bond acceptors (Lipinski definition) is 3. The maximum atomic E-state index is 12.6. The highest BCUT2D eigenvalue weighted by molar-refractivity contribution is 5.49. The molecule has 2 N–H and O–H groups in total. The zero-order chi connectivity index (χ0) is 13.1. The van der Waals surface area contributed by atoms with Gasteiger partial charge in [-0.15, -0.1) is 0 Å². The fraction of sp³-hybridized carbons (Fsp3) is 0.545. The molecule has 0 spiro atoms.